The van der Waals surface area contributed by atoms with E-state index in [0.29, 0.717) is 0 Å². The average Bonchev–Trinajstić information content (AvgIpc) is 2.76. The van der Waals surface area contributed by atoms with Crippen LogP contribution in [0.3, 0.4) is 0 Å². The molecule has 5 nitrogen and oxygen atoms in total. The van der Waals surface area contributed by atoms with Crippen molar-refractivity contribution in [1.82, 2.24) is 15.1 Å². The van der Waals surface area contributed by atoms with E-state index in [2.05, 4.69) is 15.7 Å². The Morgan fingerprint density at radius 1 is 1.69 bits per heavy atom. The van der Waals surface area contributed by atoms with Crippen LogP contribution < -0.4 is 10.6 Å². The molecular formula is C10H17ClN4O. The lowest BCUT2D eigenvalue weighted by molar-refractivity contribution is -0.117. The number of hydrogen-bond donors (Lipinski definition) is 2. The standard InChI is InChI=1S/C10H16N4O.ClH/c1-7-6-9(14(2)13-7)12-10(15)8-4-3-5-11-8;/h6,8,11H,3-5H2,1-2H3,(H,12,15);1H. The predicted octanol–water partition coefficient (Wildman–Crippen LogP) is 0.841. The number of carbonyl (C=O) groups is 1. The maximum Gasteiger partial charge on any atom is 0.242 e. The fourth-order valence-electron chi connectivity index (χ4n) is 1.85. The molecule has 0 aliphatic carbocycles. The minimum absolute atomic E-state index is 0. The number of carbonyl (C=O) groups excluding carboxylic acids is 1. The van der Waals surface area contributed by atoms with Gasteiger partial charge in [0.1, 0.15) is 5.82 Å². The van der Waals surface area contributed by atoms with Gasteiger partial charge in [-0.3, -0.25) is 9.48 Å². The Kier molecular flexibility index (Phi) is 4.32. The zero-order chi connectivity index (χ0) is 10.8. The van der Waals surface area contributed by atoms with Gasteiger partial charge >= 0.3 is 0 Å². The summed E-state index contributed by atoms with van der Waals surface area (Å²) in [5, 5.41) is 10.2. The highest BCUT2D eigenvalue weighted by molar-refractivity contribution is 5.94. The van der Waals surface area contributed by atoms with Gasteiger partial charge in [0, 0.05) is 13.1 Å². The second kappa shape index (κ2) is 5.32. The zero-order valence-electron chi connectivity index (χ0n) is 9.49. The molecule has 1 aliphatic rings. The van der Waals surface area contributed by atoms with Gasteiger partial charge in [-0.15, -0.1) is 12.4 Å². The van der Waals surface area contributed by atoms with E-state index >= 15 is 0 Å². The summed E-state index contributed by atoms with van der Waals surface area (Å²) in [5.74, 6) is 0.793. The van der Waals surface area contributed by atoms with E-state index in [4.69, 9.17) is 0 Å². The third-order valence-corrected chi connectivity index (χ3v) is 2.63. The molecule has 1 fully saturated rings. The summed E-state index contributed by atoms with van der Waals surface area (Å²) >= 11 is 0. The van der Waals surface area contributed by atoms with Crippen molar-refractivity contribution in [2.45, 2.75) is 25.8 Å². The van der Waals surface area contributed by atoms with E-state index in [1.807, 2.05) is 20.0 Å². The van der Waals surface area contributed by atoms with Gasteiger partial charge in [-0.05, 0) is 26.3 Å². The van der Waals surface area contributed by atoms with Gasteiger partial charge < -0.3 is 10.6 Å². The molecule has 1 aromatic heterocycles. The van der Waals surface area contributed by atoms with Crippen LogP contribution in [0.4, 0.5) is 5.82 Å². The van der Waals surface area contributed by atoms with Crippen molar-refractivity contribution in [3.8, 4) is 0 Å². The number of aryl methyl sites for hydroxylation is 2. The molecule has 1 saturated heterocycles. The third-order valence-electron chi connectivity index (χ3n) is 2.63. The molecule has 1 atom stereocenters. The van der Waals surface area contributed by atoms with Crippen molar-refractivity contribution in [1.29, 1.82) is 0 Å². The molecule has 2 heterocycles. The Labute approximate surface area is 101 Å². The maximum absolute atomic E-state index is 11.8. The molecule has 2 N–H and O–H groups in total. The maximum atomic E-state index is 11.8. The van der Waals surface area contributed by atoms with E-state index in [1.165, 1.54) is 0 Å². The first-order valence-electron chi connectivity index (χ1n) is 5.22. The molecule has 1 amide bonds. The smallest absolute Gasteiger partial charge is 0.242 e. The van der Waals surface area contributed by atoms with Crippen LogP contribution in [-0.2, 0) is 11.8 Å². The zero-order valence-corrected chi connectivity index (χ0v) is 10.3. The number of nitrogens with zero attached hydrogens (tertiary/aromatic N) is 2. The molecule has 1 aliphatic heterocycles. The van der Waals surface area contributed by atoms with Crippen LogP contribution in [-0.4, -0.2) is 28.3 Å². The first-order valence-corrected chi connectivity index (χ1v) is 5.22. The minimum Gasteiger partial charge on any atom is -0.310 e. The van der Waals surface area contributed by atoms with E-state index in [-0.39, 0.29) is 24.4 Å². The highest BCUT2D eigenvalue weighted by Gasteiger charge is 2.22. The largest absolute Gasteiger partial charge is 0.310 e. The highest BCUT2D eigenvalue weighted by atomic mass is 35.5. The molecule has 2 rings (SSSR count). The fourth-order valence-corrected chi connectivity index (χ4v) is 1.85. The number of nitrogens with one attached hydrogen (secondary N) is 2. The van der Waals surface area contributed by atoms with Crippen LogP contribution in [0, 0.1) is 6.92 Å². The molecule has 0 aromatic carbocycles. The molecule has 16 heavy (non-hydrogen) atoms. The van der Waals surface area contributed by atoms with Gasteiger partial charge in [0.2, 0.25) is 5.91 Å². The lowest BCUT2D eigenvalue weighted by Crippen LogP contribution is -2.35. The molecule has 90 valence electrons. The first kappa shape index (κ1) is 13.0. The Morgan fingerprint density at radius 3 is 2.94 bits per heavy atom. The number of halogens is 1. The Bertz CT molecular complexity index is 371. The van der Waals surface area contributed by atoms with Gasteiger partial charge in [0.25, 0.3) is 0 Å². The Hall–Kier alpha value is -1.07. The first-order chi connectivity index (χ1) is 7.16. The van der Waals surface area contributed by atoms with Gasteiger partial charge in [0.15, 0.2) is 0 Å². The summed E-state index contributed by atoms with van der Waals surface area (Å²) in [6, 6.07) is 1.83. The van der Waals surface area contributed by atoms with Crippen molar-refractivity contribution in [3.05, 3.63) is 11.8 Å². The van der Waals surface area contributed by atoms with Crippen molar-refractivity contribution >= 4 is 24.1 Å². The molecule has 6 heteroatoms. The van der Waals surface area contributed by atoms with E-state index in [9.17, 15) is 4.79 Å². The summed E-state index contributed by atoms with van der Waals surface area (Å²) in [4.78, 5) is 11.8. The molecular weight excluding hydrogens is 228 g/mol. The summed E-state index contributed by atoms with van der Waals surface area (Å²) in [5.41, 5.74) is 0.909. The lowest BCUT2D eigenvalue weighted by Gasteiger charge is -2.10. The second-order valence-electron chi connectivity index (χ2n) is 3.93. The molecule has 0 saturated carbocycles. The van der Waals surface area contributed by atoms with Crippen LogP contribution in [0.2, 0.25) is 0 Å². The van der Waals surface area contributed by atoms with Gasteiger partial charge in [-0.25, -0.2) is 0 Å². The molecule has 0 spiro atoms. The number of anilines is 1. The van der Waals surface area contributed by atoms with Gasteiger partial charge in [-0.2, -0.15) is 5.10 Å². The SMILES string of the molecule is Cc1cc(NC(=O)C2CCCN2)n(C)n1.Cl. The molecule has 0 radical (unpaired) electrons. The topological polar surface area (TPSA) is 59.0 Å². The van der Waals surface area contributed by atoms with Crippen LogP contribution in [0.5, 0.6) is 0 Å². The minimum atomic E-state index is -0.0415. The number of aromatic nitrogens is 2. The number of rotatable bonds is 2. The second-order valence-corrected chi connectivity index (χ2v) is 3.93. The van der Waals surface area contributed by atoms with Crippen LogP contribution in [0.25, 0.3) is 0 Å². The average molecular weight is 245 g/mol. The van der Waals surface area contributed by atoms with Crippen molar-refractivity contribution in [2.75, 3.05) is 11.9 Å². The van der Waals surface area contributed by atoms with E-state index in [1.54, 1.807) is 4.68 Å². The van der Waals surface area contributed by atoms with Crippen molar-refractivity contribution in [2.24, 2.45) is 7.05 Å². The highest BCUT2D eigenvalue weighted by Crippen LogP contribution is 2.11. The third kappa shape index (κ3) is 2.74. The molecule has 1 aromatic rings. The van der Waals surface area contributed by atoms with Gasteiger partial charge in [0.05, 0.1) is 11.7 Å². The van der Waals surface area contributed by atoms with Crippen molar-refractivity contribution < 1.29 is 4.79 Å². The van der Waals surface area contributed by atoms with E-state index < -0.39 is 0 Å². The van der Waals surface area contributed by atoms with Crippen LogP contribution >= 0.6 is 12.4 Å². The Balaban J connectivity index is 0.00000128. The summed E-state index contributed by atoms with van der Waals surface area (Å²) < 4.78 is 1.68. The van der Waals surface area contributed by atoms with Gasteiger partial charge in [-0.1, -0.05) is 0 Å². The predicted molar refractivity (Wildman–Crippen MR) is 64.8 cm³/mol. The molecule has 0 bridgehead atoms. The molecule has 1 unspecified atom stereocenters. The monoisotopic (exact) mass is 244 g/mol. The van der Waals surface area contributed by atoms with Crippen LogP contribution in [0.1, 0.15) is 18.5 Å². The number of amides is 1. The fraction of sp³-hybridized carbons (Fsp3) is 0.600. The number of hydrogen-bond acceptors (Lipinski definition) is 3. The quantitative estimate of drug-likeness (QED) is 0.811. The summed E-state index contributed by atoms with van der Waals surface area (Å²) in [7, 11) is 1.82. The lowest BCUT2D eigenvalue weighted by atomic mass is 10.2. The Morgan fingerprint density at radius 2 is 2.44 bits per heavy atom. The van der Waals surface area contributed by atoms with E-state index in [0.717, 1.165) is 30.9 Å². The summed E-state index contributed by atoms with van der Waals surface area (Å²) in [6.45, 7) is 2.84. The van der Waals surface area contributed by atoms with Crippen molar-refractivity contribution in [3.63, 3.8) is 0 Å². The summed E-state index contributed by atoms with van der Waals surface area (Å²) in [6.07, 6.45) is 1.99. The van der Waals surface area contributed by atoms with Crippen LogP contribution in [0.15, 0.2) is 6.07 Å². The normalized spacial score (nSPS) is 19.2.